The fourth-order valence-electron chi connectivity index (χ4n) is 2.67. The molecule has 0 spiro atoms. The Kier molecular flexibility index (Phi) is 4.20. The van der Waals surface area contributed by atoms with E-state index in [1.54, 1.807) is 12.2 Å². The third kappa shape index (κ3) is 3.29. The Morgan fingerprint density at radius 3 is 2.91 bits per heavy atom. The van der Waals surface area contributed by atoms with Crippen LogP contribution in [0.5, 0.6) is 0 Å². The Balaban J connectivity index is 1.89. The largest absolute Gasteiger partial charge is 0.477 e. The lowest BCUT2D eigenvalue weighted by atomic mass is 10.1. The summed E-state index contributed by atoms with van der Waals surface area (Å²) in [6, 6.07) is 4.82. The van der Waals surface area contributed by atoms with Crippen LogP contribution in [-0.4, -0.2) is 25.6 Å². The van der Waals surface area contributed by atoms with Gasteiger partial charge in [-0.05, 0) is 37.1 Å². The molecule has 0 radical (unpaired) electrons. The highest BCUT2D eigenvalue weighted by molar-refractivity contribution is 5.86. The first-order chi connectivity index (χ1) is 11.2. The molecule has 6 nitrogen and oxygen atoms in total. The zero-order valence-electron chi connectivity index (χ0n) is 12.6. The molecule has 0 saturated carbocycles. The van der Waals surface area contributed by atoms with Crippen molar-refractivity contribution in [3.8, 4) is 6.07 Å². The number of carboxylic acids is 1. The second kappa shape index (κ2) is 6.44. The van der Waals surface area contributed by atoms with Gasteiger partial charge in [0, 0.05) is 19.2 Å². The van der Waals surface area contributed by atoms with Crippen molar-refractivity contribution in [1.29, 1.82) is 5.26 Å². The molecule has 116 valence electrons. The summed E-state index contributed by atoms with van der Waals surface area (Å²) in [5.41, 5.74) is 1.40. The summed E-state index contributed by atoms with van der Waals surface area (Å²) in [7, 11) is 0. The van der Waals surface area contributed by atoms with E-state index in [1.807, 2.05) is 12.3 Å². The normalized spacial score (nSPS) is 14.2. The summed E-state index contributed by atoms with van der Waals surface area (Å²) in [6.07, 6.45) is 9.93. The molecule has 2 aromatic heterocycles. The minimum Gasteiger partial charge on any atom is -0.477 e. The second-order valence-electron chi connectivity index (χ2n) is 5.47. The predicted octanol–water partition coefficient (Wildman–Crippen LogP) is 2.74. The first-order valence-corrected chi connectivity index (χ1v) is 7.56. The molecule has 6 heteroatoms. The van der Waals surface area contributed by atoms with Gasteiger partial charge < -0.3 is 9.67 Å². The maximum Gasteiger partial charge on any atom is 0.354 e. The van der Waals surface area contributed by atoms with Crippen molar-refractivity contribution in [2.75, 3.05) is 0 Å². The number of carbonyl (C=O) groups is 1. The van der Waals surface area contributed by atoms with Gasteiger partial charge in [0.05, 0.1) is 17.0 Å². The summed E-state index contributed by atoms with van der Waals surface area (Å²) in [5, 5.41) is 18.1. The van der Waals surface area contributed by atoms with Crippen molar-refractivity contribution in [2.24, 2.45) is 0 Å². The molecule has 0 amide bonds. The van der Waals surface area contributed by atoms with E-state index in [0.717, 1.165) is 37.3 Å². The van der Waals surface area contributed by atoms with E-state index in [1.165, 1.54) is 18.6 Å². The zero-order valence-corrected chi connectivity index (χ0v) is 12.6. The Hall–Kier alpha value is -2.94. The molecule has 0 unspecified atom stereocenters. The van der Waals surface area contributed by atoms with Crippen LogP contribution in [0.3, 0.4) is 0 Å². The van der Waals surface area contributed by atoms with Crippen molar-refractivity contribution in [2.45, 2.75) is 32.2 Å². The summed E-state index contributed by atoms with van der Waals surface area (Å²) in [4.78, 5) is 19.6. The molecule has 1 aliphatic heterocycles. The molecule has 0 saturated heterocycles. The lowest BCUT2D eigenvalue weighted by Gasteiger charge is -1.99. The molecule has 0 aliphatic carbocycles. The molecule has 23 heavy (non-hydrogen) atoms. The first kappa shape index (κ1) is 15.0. The van der Waals surface area contributed by atoms with Crippen LogP contribution in [0.15, 0.2) is 18.3 Å². The Bertz CT molecular complexity index is 791. The number of nitrogens with zero attached hydrogens (tertiary/aromatic N) is 4. The highest BCUT2D eigenvalue weighted by Gasteiger charge is 2.11. The van der Waals surface area contributed by atoms with Crippen LogP contribution in [-0.2, 0) is 13.0 Å². The van der Waals surface area contributed by atoms with E-state index in [4.69, 9.17) is 10.4 Å². The Labute approximate surface area is 133 Å². The van der Waals surface area contributed by atoms with E-state index >= 15 is 0 Å². The van der Waals surface area contributed by atoms with Crippen LogP contribution in [0.1, 0.15) is 52.5 Å². The van der Waals surface area contributed by atoms with Gasteiger partial charge in [0.25, 0.3) is 0 Å². The molecule has 1 aliphatic rings. The van der Waals surface area contributed by atoms with E-state index in [2.05, 4.69) is 14.5 Å². The molecular formula is C17H16N4O2. The van der Waals surface area contributed by atoms with Gasteiger partial charge in [-0.2, -0.15) is 5.26 Å². The number of pyridine rings is 1. The molecule has 2 aromatic rings. The molecule has 3 rings (SSSR count). The number of hydrogen-bond donors (Lipinski definition) is 1. The molecular weight excluding hydrogens is 292 g/mol. The number of hydrogen-bond acceptors (Lipinski definition) is 4. The SMILES string of the molecule is N#Cc1ccc(C(=O)O)nc1/C=C/c1cn2c(n1)CCCCC2. The third-order valence-electron chi connectivity index (χ3n) is 3.85. The van der Waals surface area contributed by atoms with Crippen molar-refractivity contribution in [3.63, 3.8) is 0 Å². The number of nitriles is 1. The minimum absolute atomic E-state index is 0.0794. The Morgan fingerprint density at radius 2 is 2.13 bits per heavy atom. The van der Waals surface area contributed by atoms with Crippen LogP contribution in [0.25, 0.3) is 12.2 Å². The Morgan fingerprint density at radius 1 is 1.26 bits per heavy atom. The van der Waals surface area contributed by atoms with Gasteiger partial charge in [-0.25, -0.2) is 14.8 Å². The summed E-state index contributed by atoms with van der Waals surface area (Å²) < 4.78 is 2.17. The van der Waals surface area contributed by atoms with Gasteiger partial charge in [-0.15, -0.1) is 0 Å². The van der Waals surface area contributed by atoms with Crippen molar-refractivity contribution < 1.29 is 9.90 Å². The standard InChI is InChI=1S/C17H16N4O2/c18-10-12-5-7-15(17(22)23)20-14(12)8-6-13-11-21-9-3-1-2-4-16(21)19-13/h5-8,11H,1-4,9H2,(H,22,23)/b8-6+. The summed E-state index contributed by atoms with van der Waals surface area (Å²) in [5.74, 6) is -0.0345. The molecule has 0 bridgehead atoms. The van der Waals surface area contributed by atoms with Gasteiger partial charge in [-0.3, -0.25) is 0 Å². The predicted molar refractivity (Wildman–Crippen MR) is 84.6 cm³/mol. The minimum atomic E-state index is -1.11. The quantitative estimate of drug-likeness (QED) is 0.941. The zero-order chi connectivity index (χ0) is 16.2. The number of aryl methyl sites for hydroxylation is 2. The van der Waals surface area contributed by atoms with Crippen molar-refractivity contribution in [3.05, 3.63) is 46.8 Å². The monoisotopic (exact) mass is 308 g/mol. The molecule has 0 fully saturated rings. The molecule has 3 heterocycles. The third-order valence-corrected chi connectivity index (χ3v) is 3.85. The average Bonchev–Trinajstić information content (AvgIpc) is 2.82. The van der Waals surface area contributed by atoms with E-state index in [0.29, 0.717) is 11.3 Å². The van der Waals surface area contributed by atoms with Crippen LogP contribution in [0.2, 0.25) is 0 Å². The van der Waals surface area contributed by atoms with Gasteiger partial charge in [-0.1, -0.05) is 6.42 Å². The number of aromatic carboxylic acids is 1. The van der Waals surface area contributed by atoms with Crippen LogP contribution < -0.4 is 0 Å². The molecule has 1 N–H and O–H groups in total. The average molecular weight is 308 g/mol. The maximum atomic E-state index is 11.0. The van der Waals surface area contributed by atoms with Crippen LogP contribution in [0, 0.1) is 11.3 Å². The van der Waals surface area contributed by atoms with E-state index in [9.17, 15) is 4.79 Å². The van der Waals surface area contributed by atoms with Gasteiger partial charge in [0.1, 0.15) is 17.6 Å². The fourth-order valence-corrected chi connectivity index (χ4v) is 2.67. The van der Waals surface area contributed by atoms with E-state index in [-0.39, 0.29) is 5.69 Å². The molecule has 0 atom stereocenters. The van der Waals surface area contributed by atoms with Crippen LogP contribution >= 0.6 is 0 Å². The van der Waals surface area contributed by atoms with Gasteiger partial charge >= 0.3 is 5.97 Å². The topological polar surface area (TPSA) is 91.8 Å². The first-order valence-electron chi connectivity index (χ1n) is 7.56. The van der Waals surface area contributed by atoms with E-state index < -0.39 is 5.97 Å². The smallest absolute Gasteiger partial charge is 0.354 e. The van der Waals surface area contributed by atoms with Gasteiger partial charge in [0.15, 0.2) is 0 Å². The van der Waals surface area contributed by atoms with Gasteiger partial charge in [0.2, 0.25) is 0 Å². The van der Waals surface area contributed by atoms with Crippen LogP contribution in [0.4, 0.5) is 0 Å². The summed E-state index contributed by atoms with van der Waals surface area (Å²) in [6.45, 7) is 0.979. The molecule has 0 aromatic carbocycles. The maximum absolute atomic E-state index is 11.0. The number of rotatable bonds is 3. The fraction of sp³-hybridized carbons (Fsp3) is 0.294. The summed E-state index contributed by atoms with van der Waals surface area (Å²) >= 11 is 0. The number of aromatic nitrogens is 3. The highest BCUT2D eigenvalue weighted by Crippen LogP contribution is 2.17. The van der Waals surface area contributed by atoms with Crippen molar-refractivity contribution >= 4 is 18.1 Å². The number of imidazole rings is 1. The lowest BCUT2D eigenvalue weighted by molar-refractivity contribution is 0.0690. The van der Waals surface area contributed by atoms with Crippen molar-refractivity contribution in [1.82, 2.24) is 14.5 Å². The highest BCUT2D eigenvalue weighted by atomic mass is 16.4. The lowest BCUT2D eigenvalue weighted by Crippen LogP contribution is -2.02. The number of fused-ring (bicyclic) bond motifs is 1. The second-order valence-corrected chi connectivity index (χ2v) is 5.47. The number of carboxylic acid groups (broad SMARTS) is 1.